The van der Waals surface area contributed by atoms with Gasteiger partial charge in [-0.15, -0.1) is 0 Å². The summed E-state index contributed by atoms with van der Waals surface area (Å²) >= 11 is 0. The molecule has 0 aromatic heterocycles. The molecule has 2 nitrogen and oxygen atoms in total. The highest BCUT2D eigenvalue weighted by Gasteiger charge is 2.65. The molecular weight excluding hydrogens is 372 g/mol. The van der Waals surface area contributed by atoms with Crippen molar-refractivity contribution in [2.75, 3.05) is 0 Å². The predicted octanol–water partition coefficient (Wildman–Crippen LogP) is 8.77. The molecule has 0 saturated carbocycles. The third-order valence-electron chi connectivity index (χ3n) is 7.19. The lowest BCUT2D eigenvalue weighted by Gasteiger charge is -2.64. The average molecular weight is 429 g/mol. The van der Waals surface area contributed by atoms with E-state index in [1.165, 1.54) is 0 Å². The van der Waals surface area contributed by atoms with E-state index >= 15 is 0 Å². The Morgan fingerprint density at radius 2 is 0.393 bits per heavy atom. The van der Waals surface area contributed by atoms with Crippen molar-refractivity contribution in [3.05, 3.63) is 0 Å². The summed E-state index contributed by atoms with van der Waals surface area (Å²) in [5, 5.41) is 9.80. The molecule has 0 bridgehead atoms. The molecule has 28 heavy (non-hydrogen) atoms. The van der Waals surface area contributed by atoms with Crippen molar-refractivity contribution in [1.29, 1.82) is 0 Å². The Kier molecular flexibility index (Phi) is 7.59. The van der Waals surface area contributed by atoms with Crippen LogP contribution in [-0.4, -0.2) is 16.5 Å². The van der Waals surface area contributed by atoms with Crippen LogP contribution in [0.2, 0.25) is 30.2 Å². The van der Waals surface area contributed by atoms with Gasteiger partial charge in [0.2, 0.25) is 0 Å². The SMILES string of the molecule is CC(C)(C)[Si](NN[Si](C(C)(C)C)(C(C)(C)C)C(C)(C)C)(C(C)(C)C)C(C)(C)C. The molecule has 0 saturated heterocycles. The van der Waals surface area contributed by atoms with Crippen LogP contribution in [0.1, 0.15) is 125 Å². The monoisotopic (exact) mass is 428 g/mol. The van der Waals surface area contributed by atoms with Gasteiger partial charge >= 0.3 is 0 Å². The number of rotatable bonds is 3. The summed E-state index contributed by atoms with van der Waals surface area (Å²) in [5.74, 6) is 0. The molecule has 0 unspecified atom stereocenters. The van der Waals surface area contributed by atoms with Crippen molar-refractivity contribution in [3.8, 4) is 0 Å². The Bertz CT molecular complexity index is 402. The number of hydrogen-bond acceptors (Lipinski definition) is 2. The molecule has 4 heteroatoms. The Morgan fingerprint density at radius 3 is 0.464 bits per heavy atom. The lowest BCUT2D eigenvalue weighted by molar-refractivity contribution is 0.459. The summed E-state index contributed by atoms with van der Waals surface area (Å²) < 4.78 is 0. The van der Waals surface area contributed by atoms with Crippen molar-refractivity contribution in [3.63, 3.8) is 0 Å². The van der Waals surface area contributed by atoms with Gasteiger partial charge in [0.05, 0.1) is 0 Å². The van der Waals surface area contributed by atoms with E-state index in [0.29, 0.717) is 0 Å². The average Bonchev–Trinajstić information content (AvgIpc) is 2.23. The highest BCUT2D eigenvalue weighted by atomic mass is 28.3. The summed E-state index contributed by atoms with van der Waals surface area (Å²) in [6.45, 7) is 44.2. The van der Waals surface area contributed by atoms with Crippen molar-refractivity contribution < 1.29 is 0 Å². The van der Waals surface area contributed by atoms with E-state index in [-0.39, 0.29) is 30.2 Å². The molecule has 0 aromatic carbocycles. The van der Waals surface area contributed by atoms with E-state index in [4.69, 9.17) is 0 Å². The highest BCUT2D eigenvalue weighted by molar-refractivity contribution is 6.89. The van der Waals surface area contributed by atoms with Crippen molar-refractivity contribution in [2.24, 2.45) is 0 Å². The molecular formula is C24H56N2Si2. The first-order chi connectivity index (χ1) is 11.7. The molecule has 0 aromatic rings. The van der Waals surface area contributed by atoms with Crippen molar-refractivity contribution in [2.45, 2.75) is 155 Å². The molecule has 0 radical (unpaired) electrons. The topological polar surface area (TPSA) is 24.1 Å². The number of nitrogens with one attached hydrogen (secondary N) is 2. The third-order valence-corrected chi connectivity index (χ3v) is 21.9. The van der Waals surface area contributed by atoms with Crippen LogP contribution in [0, 0.1) is 0 Å². The van der Waals surface area contributed by atoms with Gasteiger partial charge in [0.15, 0.2) is 16.5 Å². The minimum absolute atomic E-state index is 0.213. The largest absolute Gasteiger partial charge is 0.283 e. The van der Waals surface area contributed by atoms with Crippen LogP contribution in [0.5, 0.6) is 0 Å². The minimum Gasteiger partial charge on any atom is -0.283 e. The van der Waals surface area contributed by atoms with Gasteiger partial charge in [0.1, 0.15) is 0 Å². The van der Waals surface area contributed by atoms with E-state index in [1.54, 1.807) is 0 Å². The molecule has 0 rings (SSSR count). The summed E-state index contributed by atoms with van der Waals surface area (Å²) in [6, 6.07) is 0. The molecule has 0 aliphatic rings. The molecule has 0 fully saturated rings. The molecule has 0 atom stereocenters. The van der Waals surface area contributed by atoms with Gasteiger partial charge in [0.25, 0.3) is 0 Å². The molecule has 0 aliphatic carbocycles. The van der Waals surface area contributed by atoms with Crippen molar-refractivity contribution in [1.82, 2.24) is 10.2 Å². The standard InChI is InChI=1S/C24H56N2Si2/c1-19(2,3)27(20(4,5)6,21(7,8)9)25-26-28(22(10,11)12,23(13,14)15)24(16,17)18/h25-26H,1-18H3. The second-order valence-electron chi connectivity index (χ2n) is 15.2. The van der Waals surface area contributed by atoms with E-state index in [1.807, 2.05) is 0 Å². The van der Waals surface area contributed by atoms with Gasteiger partial charge in [-0.05, 0) is 30.2 Å². The number of hydrazine groups is 1. The zero-order valence-electron chi connectivity index (χ0n) is 23.0. The molecule has 0 aliphatic heterocycles. The summed E-state index contributed by atoms with van der Waals surface area (Å²) in [7, 11) is -4.15. The van der Waals surface area contributed by atoms with Gasteiger partial charge in [0, 0.05) is 0 Å². The summed E-state index contributed by atoms with van der Waals surface area (Å²) in [4.78, 5) is 0. The summed E-state index contributed by atoms with van der Waals surface area (Å²) in [5.41, 5.74) is 0. The minimum atomic E-state index is -2.07. The van der Waals surface area contributed by atoms with Gasteiger partial charge in [-0.3, -0.25) is 10.2 Å². The molecule has 0 amide bonds. The Hall–Kier alpha value is 0.354. The third kappa shape index (κ3) is 4.50. The first-order valence-electron chi connectivity index (χ1n) is 11.2. The van der Waals surface area contributed by atoms with Gasteiger partial charge < -0.3 is 0 Å². The predicted molar refractivity (Wildman–Crippen MR) is 136 cm³/mol. The fourth-order valence-electron chi connectivity index (χ4n) is 8.06. The maximum Gasteiger partial charge on any atom is 0.156 e. The van der Waals surface area contributed by atoms with Gasteiger partial charge in [-0.2, -0.15) is 0 Å². The smallest absolute Gasteiger partial charge is 0.156 e. The zero-order chi connectivity index (χ0) is 23.4. The van der Waals surface area contributed by atoms with E-state index < -0.39 is 16.5 Å². The summed E-state index contributed by atoms with van der Waals surface area (Å²) in [6.07, 6.45) is 0. The lowest BCUT2D eigenvalue weighted by Crippen LogP contribution is -2.80. The van der Waals surface area contributed by atoms with Crippen LogP contribution >= 0.6 is 0 Å². The molecule has 170 valence electrons. The highest BCUT2D eigenvalue weighted by Crippen LogP contribution is 2.63. The van der Waals surface area contributed by atoms with E-state index in [2.05, 4.69) is 135 Å². The normalized spacial score (nSPS) is 16.5. The van der Waals surface area contributed by atoms with E-state index in [9.17, 15) is 0 Å². The second-order valence-corrected chi connectivity index (χ2v) is 27.8. The van der Waals surface area contributed by atoms with E-state index in [0.717, 1.165) is 0 Å². The van der Waals surface area contributed by atoms with Crippen LogP contribution in [0.25, 0.3) is 0 Å². The molecule has 2 N–H and O–H groups in total. The van der Waals surface area contributed by atoms with Gasteiger partial charge in [-0.25, -0.2) is 0 Å². The van der Waals surface area contributed by atoms with Gasteiger partial charge in [-0.1, -0.05) is 125 Å². The Morgan fingerprint density at radius 1 is 0.286 bits per heavy atom. The first-order valence-corrected chi connectivity index (χ1v) is 15.2. The second kappa shape index (κ2) is 7.49. The van der Waals surface area contributed by atoms with Crippen LogP contribution in [-0.2, 0) is 0 Å². The first kappa shape index (κ1) is 28.4. The van der Waals surface area contributed by atoms with Crippen LogP contribution in [0.3, 0.4) is 0 Å². The fourth-order valence-corrected chi connectivity index (χ4v) is 25.3. The maximum absolute atomic E-state index is 4.26. The number of hydrogen-bond donors (Lipinski definition) is 2. The van der Waals surface area contributed by atoms with Crippen LogP contribution in [0.4, 0.5) is 0 Å². The van der Waals surface area contributed by atoms with Crippen molar-refractivity contribution >= 4 is 16.5 Å². The van der Waals surface area contributed by atoms with Crippen LogP contribution in [0.15, 0.2) is 0 Å². The van der Waals surface area contributed by atoms with Crippen LogP contribution < -0.4 is 10.2 Å². The zero-order valence-corrected chi connectivity index (χ0v) is 25.0. The quantitative estimate of drug-likeness (QED) is 0.346. The fraction of sp³-hybridized carbons (Fsp3) is 1.00. The Balaban J connectivity index is 6.89. The maximum atomic E-state index is 4.26. The Labute approximate surface area is 181 Å². The molecule has 0 heterocycles. The lowest BCUT2D eigenvalue weighted by atomic mass is 10.2. The molecule has 0 spiro atoms.